The van der Waals surface area contributed by atoms with Crippen LogP contribution in [-0.2, 0) is 6.54 Å². The molecule has 19 heavy (non-hydrogen) atoms. The van der Waals surface area contributed by atoms with Crippen molar-refractivity contribution >= 4 is 27.5 Å². The molecule has 0 spiro atoms. The van der Waals surface area contributed by atoms with Gasteiger partial charge >= 0.3 is 0 Å². The van der Waals surface area contributed by atoms with Gasteiger partial charge in [-0.05, 0) is 37.2 Å². The lowest BCUT2D eigenvalue weighted by atomic mass is 10.2. The van der Waals surface area contributed by atoms with Crippen LogP contribution in [-0.4, -0.2) is 48.4 Å². The smallest absolute Gasteiger partial charge is 0.124 e. The van der Waals surface area contributed by atoms with Crippen molar-refractivity contribution in [2.45, 2.75) is 13.0 Å². The van der Waals surface area contributed by atoms with Crippen LogP contribution in [0, 0.1) is 5.82 Å². The zero-order chi connectivity index (χ0) is 13.7. The molecule has 0 N–H and O–H groups in total. The summed E-state index contributed by atoms with van der Waals surface area (Å²) in [4.78, 5) is 4.83. The second-order valence-electron chi connectivity index (χ2n) is 4.90. The predicted octanol–water partition coefficient (Wildman–Crippen LogP) is 3.33. The van der Waals surface area contributed by atoms with Gasteiger partial charge in [0.25, 0.3) is 0 Å². The highest BCUT2D eigenvalue weighted by atomic mass is 79.9. The van der Waals surface area contributed by atoms with Crippen molar-refractivity contribution in [2.24, 2.45) is 0 Å². The molecular formula is C14H19BrClFN2. The number of alkyl halides is 1. The molecule has 0 saturated carbocycles. The van der Waals surface area contributed by atoms with E-state index in [4.69, 9.17) is 11.6 Å². The monoisotopic (exact) mass is 348 g/mol. The van der Waals surface area contributed by atoms with Gasteiger partial charge in [0.2, 0.25) is 0 Å². The lowest BCUT2D eigenvalue weighted by molar-refractivity contribution is 0.257. The highest BCUT2D eigenvalue weighted by Gasteiger charge is 2.15. The van der Waals surface area contributed by atoms with E-state index in [0.29, 0.717) is 5.88 Å². The molecule has 1 aliphatic heterocycles. The Labute approximate surface area is 127 Å². The molecule has 0 aromatic heterocycles. The summed E-state index contributed by atoms with van der Waals surface area (Å²) in [7, 11) is 0. The maximum Gasteiger partial charge on any atom is 0.124 e. The van der Waals surface area contributed by atoms with Gasteiger partial charge in [0.1, 0.15) is 5.82 Å². The second kappa shape index (κ2) is 7.58. The summed E-state index contributed by atoms with van der Waals surface area (Å²) < 4.78 is 13.9. The van der Waals surface area contributed by atoms with Gasteiger partial charge in [-0.15, -0.1) is 11.6 Å². The summed E-state index contributed by atoms with van der Waals surface area (Å²) in [6, 6.07) is 4.92. The molecule has 1 heterocycles. The first-order chi connectivity index (χ1) is 9.19. The van der Waals surface area contributed by atoms with Crippen LogP contribution in [0.25, 0.3) is 0 Å². The van der Waals surface area contributed by atoms with Gasteiger partial charge in [-0.2, -0.15) is 0 Å². The normalized spacial score (nSPS) is 18.5. The molecule has 1 aromatic rings. The summed E-state index contributed by atoms with van der Waals surface area (Å²) in [5.74, 6) is 0.503. The van der Waals surface area contributed by atoms with Crippen LogP contribution in [0.1, 0.15) is 12.0 Å². The molecular weight excluding hydrogens is 331 g/mol. The molecule has 1 aliphatic rings. The Kier molecular flexibility index (Phi) is 6.07. The van der Waals surface area contributed by atoms with Gasteiger partial charge in [-0.25, -0.2) is 4.39 Å². The average Bonchev–Trinajstić information content (AvgIpc) is 2.59. The molecule has 0 unspecified atom stereocenters. The summed E-state index contributed by atoms with van der Waals surface area (Å²) in [5, 5.41) is 0. The zero-order valence-corrected chi connectivity index (χ0v) is 13.3. The maximum atomic E-state index is 13.1. The first-order valence-corrected chi connectivity index (χ1v) is 7.96. The maximum absolute atomic E-state index is 13.1. The van der Waals surface area contributed by atoms with Crippen LogP contribution in [0.2, 0.25) is 0 Å². The van der Waals surface area contributed by atoms with Crippen LogP contribution < -0.4 is 0 Å². The third-order valence-electron chi connectivity index (χ3n) is 3.49. The number of nitrogens with zero attached hydrogens (tertiary/aromatic N) is 2. The molecule has 0 amide bonds. The third kappa shape index (κ3) is 4.71. The number of benzene rings is 1. The molecule has 1 fully saturated rings. The molecule has 5 heteroatoms. The van der Waals surface area contributed by atoms with E-state index in [0.717, 1.165) is 55.7 Å². The lowest BCUT2D eigenvalue weighted by Gasteiger charge is -2.21. The Morgan fingerprint density at radius 2 is 1.89 bits per heavy atom. The molecule has 1 aromatic carbocycles. The Morgan fingerprint density at radius 3 is 2.63 bits per heavy atom. The third-order valence-corrected chi connectivity index (χ3v) is 4.40. The minimum Gasteiger partial charge on any atom is -0.301 e. The average molecular weight is 350 g/mol. The highest BCUT2D eigenvalue weighted by molar-refractivity contribution is 9.10. The van der Waals surface area contributed by atoms with Crippen molar-refractivity contribution < 1.29 is 4.39 Å². The van der Waals surface area contributed by atoms with E-state index in [9.17, 15) is 4.39 Å². The van der Waals surface area contributed by atoms with Gasteiger partial charge in [0.05, 0.1) is 0 Å². The van der Waals surface area contributed by atoms with E-state index in [1.54, 1.807) is 0 Å². The Morgan fingerprint density at radius 1 is 1.16 bits per heavy atom. The molecule has 0 atom stereocenters. The van der Waals surface area contributed by atoms with Crippen molar-refractivity contribution in [3.63, 3.8) is 0 Å². The number of hydrogen-bond donors (Lipinski definition) is 0. The summed E-state index contributed by atoms with van der Waals surface area (Å²) in [6.07, 6.45) is 1.16. The van der Waals surface area contributed by atoms with E-state index in [2.05, 4.69) is 25.7 Å². The Bertz CT molecular complexity index is 416. The van der Waals surface area contributed by atoms with E-state index in [1.807, 2.05) is 6.07 Å². The van der Waals surface area contributed by atoms with E-state index >= 15 is 0 Å². The Balaban J connectivity index is 1.92. The lowest BCUT2D eigenvalue weighted by Crippen LogP contribution is -2.31. The highest BCUT2D eigenvalue weighted by Crippen LogP contribution is 2.20. The Hall–Kier alpha value is -0.160. The van der Waals surface area contributed by atoms with Gasteiger partial charge in [0, 0.05) is 36.5 Å². The number of halogens is 3. The molecule has 2 nitrogen and oxygen atoms in total. The van der Waals surface area contributed by atoms with E-state index in [1.165, 1.54) is 12.1 Å². The standard InChI is InChI=1S/C14H19BrClFN2/c15-14-10-13(17)3-2-12(14)11-19-6-1-5-18(7-4-16)8-9-19/h2-3,10H,1,4-9,11H2. The predicted molar refractivity (Wildman–Crippen MR) is 81.2 cm³/mol. The minimum absolute atomic E-state index is 0.195. The van der Waals surface area contributed by atoms with Gasteiger partial charge in [0.15, 0.2) is 0 Å². The summed E-state index contributed by atoms with van der Waals surface area (Å²) in [6.45, 7) is 6.15. The van der Waals surface area contributed by atoms with Gasteiger partial charge in [-0.1, -0.05) is 22.0 Å². The molecule has 1 saturated heterocycles. The molecule has 0 bridgehead atoms. The van der Waals surface area contributed by atoms with Crippen LogP contribution in [0.5, 0.6) is 0 Å². The van der Waals surface area contributed by atoms with Crippen molar-refractivity contribution in [1.29, 1.82) is 0 Å². The van der Waals surface area contributed by atoms with E-state index in [-0.39, 0.29) is 5.82 Å². The molecule has 0 aliphatic carbocycles. The van der Waals surface area contributed by atoms with Gasteiger partial charge in [-0.3, -0.25) is 4.90 Å². The van der Waals surface area contributed by atoms with Crippen molar-refractivity contribution in [1.82, 2.24) is 9.80 Å². The first-order valence-electron chi connectivity index (χ1n) is 6.63. The van der Waals surface area contributed by atoms with E-state index < -0.39 is 0 Å². The largest absolute Gasteiger partial charge is 0.301 e. The number of hydrogen-bond acceptors (Lipinski definition) is 2. The first kappa shape index (κ1) is 15.2. The summed E-state index contributed by atoms with van der Waals surface area (Å²) in [5.41, 5.74) is 1.15. The number of rotatable bonds is 4. The van der Waals surface area contributed by atoms with Gasteiger partial charge < -0.3 is 4.90 Å². The fraction of sp³-hybridized carbons (Fsp3) is 0.571. The van der Waals surface area contributed by atoms with Crippen LogP contribution in [0.15, 0.2) is 22.7 Å². The van der Waals surface area contributed by atoms with Crippen molar-refractivity contribution in [2.75, 3.05) is 38.6 Å². The minimum atomic E-state index is -0.195. The van der Waals surface area contributed by atoms with Crippen molar-refractivity contribution in [3.05, 3.63) is 34.1 Å². The van der Waals surface area contributed by atoms with Crippen LogP contribution >= 0.6 is 27.5 Å². The van der Waals surface area contributed by atoms with Crippen molar-refractivity contribution in [3.8, 4) is 0 Å². The van der Waals surface area contributed by atoms with Crippen LogP contribution in [0.3, 0.4) is 0 Å². The fourth-order valence-electron chi connectivity index (χ4n) is 2.42. The molecule has 2 rings (SSSR count). The fourth-order valence-corrected chi connectivity index (χ4v) is 3.13. The quantitative estimate of drug-likeness (QED) is 0.769. The van der Waals surface area contributed by atoms with Crippen LogP contribution in [0.4, 0.5) is 4.39 Å². The summed E-state index contributed by atoms with van der Waals surface area (Å²) >= 11 is 9.23. The SMILES string of the molecule is Fc1ccc(CN2CCCN(CCCl)CC2)c(Br)c1. The molecule has 0 radical (unpaired) electrons. The topological polar surface area (TPSA) is 6.48 Å². The zero-order valence-electron chi connectivity index (χ0n) is 10.9. The molecule has 106 valence electrons. The second-order valence-corrected chi connectivity index (χ2v) is 6.13.